The molecule has 0 atom stereocenters. The molecule has 0 unspecified atom stereocenters. The van der Waals surface area contributed by atoms with E-state index in [0.717, 1.165) is 12.8 Å². The Morgan fingerprint density at radius 2 is 2.07 bits per heavy atom. The fourth-order valence-electron chi connectivity index (χ4n) is 0.705. The Bertz CT molecular complexity index is 178. The zero-order valence-electron chi connectivity index (χ0n) is 7.99. The van der Waals surface area contributed by atoms with Gasteiger partial charge in [-0.15, -0.1) is 0 Å². The smallest absolute Gasteiger partial charge is 0.355 e. The Hall–Kier alpha value is -0.980. The average Bonchev–Trinajstić information content (AvgIpc) is 2.09. The Morgan fingerprint density at radius 3 is 2.50 bits per heavy atom. The number of nitrogens with two attached hydrogens (primary N) is 1. The van der Waals surface area contributed by atoms with Crippen LogP contribution in [0.5, 0.6) is 0 Å². The number of alkyl halides is 3. The Labute approximate surface area is 80.7 Å². The summed E-state index contributed by atoms with van der Waals surface area (Å²) in [6.07, 6.45) is -2.49. The lowest BCUT2D eigenvalue weighted by atomic mass is 10.3. The van der Waals surface area contributed by atoms with Gasteiger partial charge in [-0.2, -0.15) is 13.2 Å². The van der Waals surface area contributed by atoms with Crippen molar-refractivity contribution in [3.63, 3.8) is 0 Å². The van der Waals surface area contributed by atoms with Crippen molar-refractivity contribution >= 4 is 5.96 Å². The number of unbranched alkanes of at least 4 members (excludes halogenated alkanes) is 1. The summed E-state index contributed by atoms with van der Waals surface area (Å²) in [5.41, 5.74) is 2.07. The van der Waals surface area contributed by atoms with Gasteiger partial charge in [0.25, 0.3) is 0 Å². The van der Waals surface area contributed by atoms with Gasteiger partial charge in [0.2, 0.25) is 5.96 Å². The first kappa shape index (κ1) is 13.0. The molecule has 0 aromatic carbocycles. The minimum atomic E-state index is -4.30. The van der Waals surface area contributed by atoms with Crippen molar-refractivity contribution in [2.75, 3.05) is 13.1 Å². The minimum Gasteiger partial charge on any atom is -0.355 e. The highest BCUT2D eigenvalue weighted by molar-refractivity contribution is 5.79. The van der Waals surface area contributed by atoms with E-state index in [9.17, 15) is 13.2 Å². The lowest BCUT2D eigenvalue weighted by Crippen LogP contribution is -2.42. The highest BCUT2D eigenvalue weighted by Crippen LogP contribution is 2.13. The number of aliphatic imine (C=N–C) groups is 1. The first-order valence-corrected chi connectivity index (χ1v) is 4.31. The van der Waals surface area contributed by atoms with Gasteiger partial charge in [0, 0.05) is 6.54 Å². The summed E-state index contributed by atoms with van der Waals surface area (Å²) in [5, 5.41) is 2.66. The SMILES string of the molecule is CCCCNC(=NCC(F)(F)F)NN. The predicted molar refractivity (Wildman–Crippen MR) is 48.6 cm³/mol. The molecule has 4 nitrogen and oxygen atoms in total. The summed E-state index contributed by atoms with van der Waals surface area (Å²) in [6, 6.07) is 0. The highest BCUT2D eigenvalue weighted by Gasteiger charge is 2.26. The van der Waals surface area contributed by atoms with Crippen molar-refractivity contribution in [2.45, 2.75) is 25.9 Å². The standard InChI is InChI=1S/C7H15F3N4/c1-2-3-4-12-6(14-11)13-5-7(8,9)10/h2-5,11H2,1H3,(H2,12,13,14). The third-order valence-corrected chi connectivity index (χ3v) is 1.38. The molecule has 84 valence electrons. The number of nitrogens with zero attached hydrogens (tertiary/aromatic N) is 1. The van der Waals surface area contributed by atoms with Gasteiger partial charge in [0.15, 0.2) is 0 Å². The van der Waals surface area contributed by atoms with Gasteiger partial charge in [0.1, 0.15) is 6.54 Å². The molecule has 0 aliphatic rings. The molecule has 0 saturated heterocycles. The topological polar surface area (TPSA) is 62.4 Å². The van der Waals surface area contributed by atoms with Gasteiger partial charge in [-0.25, -0.2) is 10.8 Å². The highest BCUT2D eigenvalue weighted by atomic mass is 19.4. The van der Waals surface area contributed by atoms with E-state index in [1.165, 1.54) is 0 Å². The monoisotopic (exact) mass is 212 g/mol. The van der Waals surface area contributed by atoms with Crippen LogP contribution in [0.1, 0.15) is 19.8 Å². The second kappa shape index (κ2) is 6.47. The first-order chi connectivity index (χ1) is 6.49. The number of halogens is 3. The molecule has 0 aromatic rings. The summed E-state index contributed by atoms with van der Waals surface area (Å²) in [6.45, 7) is 1.30. The predicted octanol–water partition coefficient (Wildman–Crippen LogP) is 0.758. The maximum atomic E-state index is 11.7. The molecule has 0 amide bonds. The number of nitrogens with one attached hydrogen (secondary N) is 2. The number of hydrogen-bond acceptors (Lipinski definition) is 2. The normalized spacial score (nSPS) is 12.8. The van der Waals surface area contributed by atoms with Gasteiger partial charge < -0.3 is 5.32 Å². The molecule has 7 heteroatoms. The molecule has 0 radical (unpaired) electrons. The molecule has 0 saturated carbocycles. The zero-order valence-corrected chi connectivity index (χ0v) is 7.99. The quantitative estimate of drug-likeness (QED) is 0.212. The molecule has 0 fully saturated rings. The van der Waals surface area contributed by atoms with Crippen LogP contribution >= 0.6 is 0 Å². The number of guanidine groups is 1. The minimum absolute atomic E-state index is 0.0317. The summed E-state index contributed by atoms with van der Waals surface area (Å²) >= 11 is 0. The molecule has 0 aromatic heterocycles. The van der Waals surface area contributed by atoms with Crippen molar-refractivity contribution in [2.24, 2.45) is 10.8 Å². The van der Waals surface area contributed by atoms with Crippen molar-refractivity contribution in [1.29, 1.82) is 0 Å². The molecule has 4 N–H and O–H groups in total. The number of hydrazine groups is 1. The van der Waals surface area contributed by atoms with E-state index in [2.05, 4.69) is 15.7 Å². The van der Waals surface area contributed by atoms with Gasteiger partial charge >= 0.3 is 6.18 Å². The van der Waals surface area contributed by atoms with E-state index in [-0.39, 0.29) is 5.96 Å². The van der Waals surface area contributed by atoms with Gasteiger partial charge in [-0.1, -0.05) is 13.3 Å². The summed E-state index contributed by atoms with van der Waals surface area (Å²) in [4.78, 5) is 3.23. The fourth-order valence-corrected chi connectivity index (χ4v) is 0.705. The molecule has 0 bridgehead atoms. The van der Waals surface area contributed by atoms with Crippen LogP contribution in [0.15, 0.2) is 4.99 Å². The van der Waals surface area contributed by atoms with Crippen LogP contribution in [0.25, 0.3) is 0 Å². The van der Waals surface area contributed by atoms with Crippen molar-refractivity contribution in [3.8, 4) is 0 Å². The Kier molecular flexibility index (Phi) is 6.02. The molecular weight excluding hydrogens is 197 g/mol. The molecule has 0 aliphatic heterocycles. The van der Waals surface area contributed by atoms with Gasteiger partial charge in [0.05, 0.1) is 0 Å². The Balaban J connectivity index is 3.87. The van der Waals surface area contributed by atoms with Crippen LogP contribution in [-0.4, -0.2) is 25.2 Å². The summed E-state index contributed by atoms with van der Waals surface area (Å²) in [7, 11) is 0. The van der Waals surface area contributed by atoms with Crippen LogP contribution in [-0.2, 0) is 0 Å². The molecule has 0 heterocycles. The maximum Gasteiger partial charge on any atom is 0.408 e. The van der Waals surface area contributed by atoms with Crippen molar-refractivity contribution in [1.82, 2.24) is 10.7 Å². The van der Waals surface area contributed by atoms with Crippen LogP contribution in [0.3, 0.4) is 0 Å². The van der Waals surface area contributed by atoms with Crippen LogP contribution in [0, 0.1) is 0 Å². The van der Waals surface area contributed by atoms with Crippen LogP contribution in [0.4, 0.5) is 13.2 Å². The molecule has 0 aliphatic carbocycles. The van der Waals surface area contributed by atoms with Crippen LogP contribution < -0.4 is 16.6 Å². The van der Waals surface area contributed by atoms with E-state index < -0.39 is 12.7 Å². The van der Waals surface area contributed by atoms with E-state index in [4.69, 9.17) is 5.84 Å². The van der Waals surface area contributed by atoms with E-state index in [0.29, 0.717) is 6.54 Å². The zero-order chi connectivity index (χ0) is 11.0. The summed E-state index contributed by atoms with van der Waals surface area (Å²) in [5.74, 6) is 4.94. The molecule has 0 spiro atoms. The number of rotatable bonds is 4. The van der Waals surface area contributed by atoms with Crippen molar-refractivity contribution < 1.29 is 13.2 Å². The van der Waals surface area contributed by atoms with Crippen molar-refractivity contribution in [3.05, 3.63) is 0 Å². The maximum absolute atomic E-state index is 11.7. The lowest BCUT2D eigenvalue weighted by Gasteiger charge is -2.09. The molecule has 0 rings (SSSR count). The summed E-state index contributed by atoms with van der Waals surface area (Å²) < 4.78 is 35.2. The third-order valence-electron chi connectivity index (χ3n) is 1.38. The largest absolute Gasteiger partial charge is 0.408 e. The van der Waals surface area contributed by atoms with E-state index >= 15 is 0 Å². The lowest BCUT2D eigenvalue weighted by molar-refractivity contribution is -0.118. The fraction of sp³-hybridized carbons (Fsp3) is 0.857. The Morgan fingerprint density at radius 1 is 1.43 bits per heavy atom. The second-order valence-electron chi connectivity index (χ2n) is 2.70. The average molecular weight is 212 g/mol. The van der Waals surface area contributed by atoms with Gasteiger partial charge in [-0.05, 0) is 6.42 Å². The first-order valence-electron chi connectivity index (χ1n) is 4.31. The molecular formula is C7H15F3N4. The number of hydrogen-bond donors (Lipinski definition) is 3. The third kappa shape index (κ3) is 7.66. The van der Waals surface area contributed by atoms with E-state index in [1.807, 2.05) is 6.92 Å². The second-order valence-corrected chi connectivity index (χ2v) is 2.70. The van der Waals surface area contributed by atoms with Gasteiger partial charge in [-0.3, -0.25) is 5.43 Å². The van der Waals surface area contributed by atoms with Crippen LogP contribution in [0.2, 0.25) is 0 Å². The van der Waals surface area contributed by atoms with E-state index in [1.54, 1.807) is 0 Å². The molecule has 14 heavy (non-hydrogen) atoms.